The molecule has 1 aromatic rings. The van der Waals surface area contributed by atoms with Gasteiger partial charge < -0.3 is 25.2 Å². The number of carbonyl (C=O) groups excluding carboxylic acids is 3. The molecule has 0 spiro atoms. The van der Waals surface area contributed by atoms with Crippen LogP contribution in [0.3, 0.4) is 0 Å². The first-order valence-electron chi connectivity index (χ1n) is 13.8. The number of hydrogen-bond acceptors (Lipinski definition) is 6. The van der Waals surface area contributed by atoms with Gasteiger partial charge in [0.25, 0.3) is 0 Å². The first-order valence-corrected chi connectivity index (χ1v) is 15.7. The van der Waals surface area contributed by atoms with Crippen LogP contribution in [0.2, 0.25) is 0 Å². The standard InChI is InChI=1S/C28H41N4O6P/c1-5-19-17-28(19,39(36,37)18-20-11-8-9-15-29-20)31-24(33)22-14-10-16-32(22)25(34)23(27(2,3)4)30-26(35)38-21-12-6-7-13-21/h5,8-9,11,15,19,21-23H,1,6-7,10,12-14,16-18H2,2-4H3,(H,30,35)(H,31,33)(H,36,37)/t19-,22+,23?,28+/m1/s1. The van der Waals surface area contributed by atoms with Crippen LogP contribution in [0.5, 0.6) is 0 Å². The van der Waals surface area contributed by atoms with E-state index in [-0.39, 0.29) is 24.1 Å². The van der Waals surface area contributed by atoms with E-state index >= 15 is 0 Å². The van der Waals surface area contributed by atoms with Crippen LogP contribution in [-0.4, -0.2) is 62.7 Å². The summed E-state index contributed by atoms with van der Waals surface area (Å²) in [6.07, 6.45) is 7.20. The van der Waals surface area contributed by atoms with Crippen LogP contribution in [0.1, 0.15) is 71.4 Å². The van der Waals surface area contributed by atoms with E-state index in [0.717, 1.165) is 25.7 Å². The topological polar surface area (TPSA) is 138 Å². The number of alkyl carbamates (subject to hydrolysis) is 1. The lowest BCUT2D eigenvalue weighted by Crippen LogP contribution is -2.58. The van der Waals surface area contributed by atoms with E-state index in [9.17, 15) is 23.8 Å². The highest BCUT2D eigenvalue weighted by Crippen LogP contribution is 2.70. The molecule has 0 bridgehead atoms. The fraction of sp³-hybridized carbons (Fsp3) is 0.643. The van der Waals surface area contributed by atoms with E-state index in [2.05, 4.69) is 22.2 Å². The van der Waals surface area contributed by atoms with E-state index in [1.54, 1.807) is 30.5 Å². The quantitative estimate of drug-likeness (QED) is 0.307. The lowest BCUT2D eigenvalue weighted by Gasteiger charge is -2.36. The fourth-order valence-corrected chi connectivity index (χ4v) is 8.06. The molecule has 3 fully saturated rings. The molecule has 10 nitrogen and oxygen atoms in total. The Morgan fingerprint density at radius 1 is 1.26 bits per heavy atom. The smallest absolute Gasteiger partial charge is 0.408 e. The third-order valence-corrected chi connectivity index (χ3v) is 10.7. The Morgan fingerprint density at radius 2 is 1.97 bits per heavy atom. The molecular weight excluding hydrogens is 519 g/mol. The predicted octanol–water partition coefficient (Wildman–Crippen LogP) is 3.94. The summed E-state index contributed by atoms with van der Waals surface area (Å²) in [5, 5.41) is 4.29. The highest BCUT2D eigenvalue weighted by Gasteiger charge is 2.65. The van der Waals surface area contributed by atoms with Crippen LogP contribution in [-0.2, 0) is 25.1 Å². The summed E-state index contributed by atoms with van der Waals surface area (Å²) in [6.45, 7) is 9.69. The number of amides is 3. The Morgan fingerprint density at radius 3 is 2.56 bits per heavy atom. The Hall–Kier alpha value is -2.71. The average Bonchev–Trinajstić information content (AvgIpc) is 3.20. The average molecular weight is 561 g/mol. The molecule has 3 amide bonds. The van der Waals surface area contributed by atoms with Crippen LogP contribution in [0.15, 0.2) is 37.1 Å². The first kappa shape index (κ1) is 29.3. The van der Waals surface area contributed by atoms with Crippen LogP contribution in [0.4, 0.5) is 4.79 Å². The highest BCUT2D eigenvalue weighted by atomic mass is 31.2. The molecule has 0 aromatic carbocycles. The minimum atomic E-state index is -3.94. The van der Waals surface area contributed by atoms with Gasteiger partial charge in [0.15, 0.2) is 0 Å². The maximum atomic E-state index is 13.8. The van der Waals surface area contributed by atoms with Gasteiger partial charge >= 0.3 is 6.09 Å². The number of hydrogen-bond donors (Lipinski definition) is 3. The molecule has 2 saturated carbocycles. The van der Waals surface area contributed by atoms with Crippen molar-refractivity contribution in [3.8, 4) is 0 Å². The molecule has 0 radical (unpaired) electrons. The highest BCUT2D eigenvalue weighted by molar-refractivity contribution is 7.59. The number of likely N-dealkylation sites (tertiary alicyclic amines) is 1. The lowest BCUT2D eigenvalue weighted by atomic mass is 9.85. The zero-order valence-corrected chi connectivity index (χ0v) is 24.0. The number of aromatic nitrogens is 1. The predicted molar refractivity (Wildman–Crippen MR) is 147 cm³/mol. The summed E-state index contributed by atoms with van der Waals surface area (Å²) in [7, 11) is -3.94. The number of ether oxygens (including phenoxy) is 1. The molecule has 39 heavy (non-hydrogen) atoms. The van der Waals surface area contributed by atoms with Crippen molar-refractivity contribution in [3.63, 3.8) is 0 Å². The summed E-state index contributed by atoms with van der Waals surface area (Å²) in [5.74, 6) is -1.20. The number of pyridine rings is 1. The number of nitrogens with one attached hydrogen (secondary N) is 2. The maximum absolute atomic E-state index is 13.8. The van der Waals surface area contributed by atoms with E-state index in [0.29, 0.717) is 31.5 Å². The van der Waals surface area contributed by atoms with Gasteiger partial charge in [0.2, 0.25) is 19.2 Å². The molecule has 3 aliphatic rings. The van der Waals surface area contributed by atoms with E-state index < -0.39 is 42.1 Å². The Bertz CT molecular complexity index is 1130. The molecule has 4 rings (SSSR count). The number of rotatable bonds is 9. The van der Waals surface area contributed by atoms with Crippen molar-refractivity contribution in [1.82, 2.24) is 20.5 Å². The maximum Gasteiger partial charge on any atom is 0.408 e. The number of nitrogens with zero attached hydrogens (tertiary/aromatic N) is 2. The Kier molecular flexibility index (Phi) is 8.57. The normalized spacial score (nSPS) is 27.3. The molecule has 2 heterocycles. The van der Waals surface area contributed by atoms with Crippen molar-refractivity contribution in [3.05, 3.63) is 42.7 Å². The molecule has 1 saturated heterocycles. The lowest BCUT2D eigenvalue weighted by molar-refractivity contribution is -0.142. The molecule has 214 valence electrons. The van der Waals surface area contributed by atoms with E-state index in [1.165, 1.54) is 4.90 Å². The van der Waals surface area contributed by atoms with Crippen LogP contribution < -0.4 is 10.6 Å². The molecule has 11 heteroatoms. The summed E-state index contributed by atoms with van der Waals surface area (Å²) < 4.78 is 19.2. The van der Waals surface area contributed by atoms with Crippen molar-refractivity contribution >= 4 is 25.3 Å². The second-order valence-electron chi connectivity index (χ2n) is 12.1. The van der Waals surface area contributed by atoms with Crippen molar-refractivity contribution < 1.29 is 28.6 Å². The van der Waals surface area contributed by atoms with Gasteiger partial charge in [-0.05, 0) is 62.5 Å². The fourth-order valence-electron chi connectivity index (χ4n) is 5.76. The van der Waals surface area contributed by atoms with Gasteiger partial charge in [-0.15, -0.1) is 6.58 Å². The molecule has 1 aromatic heterocycles. The molecule has 5 atom stereocenters. The van der Waals surface area contributed by atoms with Crippen molar-refractivity contribution in [2.75, 3.05) is 6.54 Å². The third-order valence-electron chi connectivity index (χ3n) is 8.12. The summed E-state index contributed by atoms with van der Waals surface area (Å²) in [4.78, 5) is 56.8. The molecular formula is C28H41N4O6P. The van der Waals surface area contributed by atoms with Gasteiger partial charge in [-0.3, -0.25) is 19.1 Å². The minimum Gasteiger partial charge on any atom is -0.446 e. The largest absolute Gasteiger partial charge is 0.446 e. The van der Waals surface area contributed by atoms with Crippen molar-refractivity contribution in [2.24, 2.45) is 11.3 Å². The van der Waals surface area contributed by atoms with Crippen molar-refractivity contribution in [2.45, 2.75) is 95.3 Å². The monoisotopic (exact) mass is 560 g/mol. The van der Waals surface area contributed by atoms with Gasteiger partial charge in [0.05, 0.1) is 11.9 Å². The van der Waals surface area contributed by atoms with Gasteiger partial charge in [-0.2, -0.15) is 0 Å². The second-order valence-corrected chi connectivity index (χ2v) is 14.6. The van der Waals surface area contributed by atoms with Crippen molar-refractivity contribution in [1.29, 1.82) is 0 Å². The summed E-state index contributed by atoms with van der Waals surface area (Å²) >= 11 is 0. The SMILES string of the molecule is C=C[C@@H]1C[C@]1(NC(=O)[C@@H]1CCCN1C(=O)C(NC(=O)OC1CCCC1)C(C)(C)C)P(=O)(O)Cc1ccccn1. The van der Waals surface area contributed by atoms with Gasteiger partial charge in [-0.25, -0.2) is 4.79 Å². The summed E-state index contributed by atoms with van der Waals surface area (Å²) in [6, 6.07) is 3.44. The van der Waals surface area contributed by atoms with Gasteiger partial charge in [0, 0.05) is 18.7 Å². The van der Waals surface area contributed by atoms with E-state index in [4.69, 9.17) is 4.74 Å². The zero-order chi connectivity index (χ0) is 28.4. The Balaban J connectivity index is 1.48. The van der Waals surface area contributed by atoms with Gasteiger partial charge in [0.1, 0.15) is 23.5 Å². The van der Waals surface area contributed by atoms with Crippen LogP contribution in [0.25, 0.3) is 0 Å². The third kappa shape index (κ3) is 6.38. The molecule has 2 aliphatic carbocycles. The first-order chi connectivity index (χ1) is 18.4. The summed E-state index contributed by atoms with van der Waals surface area (Å²) in [5.41, 5.74) is -0.169. The van der Waals surface area contributed by atoms with Crippen LogP contribution >= 0.6 is 7.37 Å². The molecule has 3 N–H and O–H groups in total. The molecule has 2 unspecified atom stereocenters. The number of carbonyl (C=O) groups is 3. The molecule has 1 aliphatic heterocycles. The van der Waals surface area contributed by atoms with Crippen LogP contribution in [0, 0.1) is 11.3 Å². The van der Waals surface area contributed by atoms with Gasteiger partial charge in [-0.1, -0.05) is 32.9 Å². The second kappa shape index (κ2) is 11.4. The zero-order valence-electron chi connectivity index (χ0n) is 23.1. The van der Waals surface area contributed by atoms with E-state index in [1.807, 2.05) is 20.8 Å². The Labute approximate surface area is 230 Å². The minimum absolute atomic E-state index is 0.140.